The van der Waals surface area contributed by atoms with Crippen LogP contribution in [0.2, 0.25) is 0 Å². The van der Waals surface area contributed by atoms with Crippen molar-refractivity contribution in [2.75, 3.05) is 25.0 Å². The second-order valence-electron chi connectivity index (χ2n) is 9.04. The lowest BCUT2D eigenvalue weighted by atomic mass is 10.0. The topological polar surface area (TPSA) is 104 Å². The number of fused-ring (bicyclic) bond motifs is 1. The minimum absolute atomic E-state index is 0. The molecular weight excluding hydrogens is 530 g/mol. The monoisotopic (exact) mass is 565 g/mol. The van der Waals surface area contributed by atoms with Crippen LogP contribution in [0.25, 0.3) is 5.65 Å². The van der Waals surface area contributed by atoms with Crippen LogP contribution in [0, 0.1) is 12.7 Å². The molecule has 1 unspecified atom stereocenters. The van der Waals surface area contributed by atoms with Gasteiger partial charge in [-0.2, -0.15) is 13.2 Å². The van der Waals surface area contributed by atoms with Crippen LogP contribution in [0.4, 0.5) is 23.4 Å². The van der Waals surface area contributed by atoms with Crippen molar-refractivity contribution in [3.63, 3.8) is 0 Å². The number of hydrogen-bond acceptors (Lipinski definition) is 6. The molecule has 1 aliphatic rings. The molecule has 0 aliphatic carbocycles. The van der Waals surface area contributed by atoms with E-state index in [1.807, 2.05) is 25.7 Å². The number of alkyl halides is 3. The molecule has 1 fully saturated rings. The van der Waals surface area contributed by atoms with Gasteiger partial charge >= 0.3 is 6.18 Å². The van der Waals surface area contributed by atoms with Crippen LogP contribution in [0.3, 0.4) is 0 Å². The molecule has 3 N–H and O–H groups in total. The van der Waals surface area contributed by atoms with Crippen molar-refractivity contribution in [2.24, 2.45) is 0 Å². The third-order valence-corrected chi connectivity index (χ3v) is 6.34. The Morgan fingerprint density at radius 2 is 1.88 bits per heavy atom. The number of benzene rings is 1. The number of amides is 2. The van der Waals surface area contributed by atoms with Gasteiger partial charge in [0.25, 0.3) is 11.8 Å². The van der Waals surface area contributed by atoms with Crippen molar-refractivity contribution in [1.29, 1.82) is 0 Å². The molecule has 9 nitrogen and oxygen atoms in total. The van der Waals surface area contributed by atoms with E-state index in [1.165, 1.54) is 26.1 Å². The molecule has 40 heavy (non-hydrogen) atoms. The standard InChI is InChI=1S/C25H27F4N7O2.C2H6.H2/c1-14-11-31-20-7-8-21(34-36(14)20)35-12-18(10-19(35)16-5-4-6-17(26)9-16)33-24(38)22(15(2)30-3)23(37)32-13-25(27,28)29;1-2;/h4-9,11,18-19,30H,10,12-13H2,1-3H3,(H,32,37)(H,33,38);1-2H3;1H/b22-15+;;/t18?,19-;;/m1../s1. The highest BCUT2D eigenvalue weighted by Gasteiger charge is 2.37. The van der Waals surface area contributed by atoms with Crippen molar-refractivity contribution in [2.45, 2.75) is 52.4 Å². The third-order valence-electron chi connectivity index (χ3n) is 6.34. The number of nitrogens with one attached hydrogen (secondary N) is 3. The number of halogens is 4. The van der Waals surface area contributed by atoms with Gasteiger partial charge in [0.1, 0.15) is 23.8 Å². The molecule has 2 amide bonds. The number of aryl methyl sites for hydroxylation is 1. The Bertz CT molecular complexity index is 1390. The summed E-state index contributed by atoms with van der Waals surface area (Å²) in [5.74, 6) is -1.82. The zero-order chi connectivity index (χ0) is 29.6. The summed E-state index contributed by atoms with van der Waals surface area (Å²) in [5.41, 5.74) is 1.79. The molecule has 2 atom stereocenters. The summed E-state index contributed by atoms with van der Waals surface area (Å²) in [6.45, 7) is 5.97. The molecule has 3 heterocycles. The number of aromatic nitrogens is 3. The Kier molecular flexibility index (Phi) is 9.72. The van der Waals surface area contributed by atoms with Crippen LogP contribution >= 0.6 is 0 Å². The second-order valence-corrected chi connectivity index (χ2v) is 9.04. The molecule has 218 valence electrons. The maximum Gasteiger partial charge on any atom is 0.405 e. The van der Waals surface area contributed by atoms with Gasteiger partial charge in [0.15, 0.2) is 5.65 Å². The SMILES string of the molecule is CC.CN/C(C)=C(\C(=O)NCC(F)(F)F)C(=O)NC1C[C@H](c2cccc(F)c2)N(c2ccc3ncc(C)n3n2)C1.[HH]. The molecule has 0 spiro atoms. The summed E-state index contributed by atoms with van der Waals surface area (Å²) in [6.07, 6.45) is -2.60. The van der Waals surface area contributed by atoms with Gasteiger partial charge in [-0.15, -0.1) is 5.10 Å². The molecular formula is C27H35F4N7O2. The number of hydrogen-bond donors (Lipinski definition) is 3. The molecule has 2 aromatic heterocycles. The minimum atomic E-state index is -4.63. The normalized spacial score (nSPS) is 17.6. The molecule has 3 aromatic rings. The van der Waals surface area contributed by atoms with Crippen molar-refractivity contribution in [3.05, 3.63) is 70.9 Å². The minimum Gasteiger partial charge on any atom is -0.391 e. The van der Waals surface area contributed by atoms with Gasteiger partial charge in [0.2, 0.25) is 0 Å². The molecule has 13 heteroatoms. The van der Waals surface area contributed by atoms with Crippen LogP contribution < -0.4 is 20.9 Å². The molecule has 0 bridgehead atoms. The van der Waals surface area contributed by atoms with Gasteiger partial charge in [0, 0.05) is 26.8 Å². The molecule has 4 rings (SSSR count). The van der Waals surface area contributed by atoms with E-state index in [1.54, 1.807) is 40.3 Å². The van der Waals surface area contributed by atoms with E-state index < -0.39 is 42.0 Å². The van der Waals surface area contributed by atoms with E-state index in [0.29, 0.717) is 23.4 Å². The lowest BCUT2D eigenvalue weighted by Gasteiger charge is -2.26. The van der Waals surface area contributed by atoms with Crippen molar-refractivity contribution in [1.82, 2.24) is 30.5 Å². The highest BCUT2D eigenvalue weighted by molar-refractivity contribution is 6.19. The summed E-state index contributed by atoms with van der Waals surface area (Å²) in [7, 11) is 1.46. The zero-order valence-electron chi connectivity index (χ0n) is 22.9. The van der Waals surface area contributed by atoms with Crippen LogP contribution in [0.5, 0.6) is 0 Å². The van der Waals surface area contributed by atoms with Crippen LogP contribution in [-0.4, -0.2) is 58.8 Å². The average Bonchev–Trinajstić information content (AvgIpc) is 3.51. The maximum absolute atomic E-state index is 14.1. The average molecular weight is 566 g/mol. The largest absolute Gasteiger partial charge is 0.405 e. The zero-order valence-corrected chi connectivity index (χ0v) is 22.9. The number of allylic oxidation sites excluding steroid dienone is 1. The van der Waals surface area contributed by atoms with Gasteiger partial charge in [-0.25, -0.2) is 13.9 Å². The van der Waals surface area contributed by atoms with E-state index in [-0.39, 0.29) is 19.7 Å². The van der Waals surface area contributed by atoms with E-state index in [2.05, 4.69) is 20.7 Å². The van der Waals surface area contributed by atoms with Crippen LogP contribution in [0.1, 0.15) is 45.9 Å². The lowest BCUT2D eigenvalue weighted by Crippen LogP contribution is -2.44. The first kappa shape index (κ1) is 30.4. The van der Waals surface area contributed by atoms with E-state index in [4.69, 9.17) is 0 Å². The first-order chi connectivity index (χ1) is 19.0. The van der Waals surface area contributed by atoms with Crippen molar-refractivity contribution >= 4 is 23.3 Å². The van der Waals surface area contributed by atoms with E-state index >= 15 is 0 Å². The Balaban J connectivity index is 0.00000192. The van der Waals surface area contributed by atoms with Gasteiger partial charge in [0.05, 0.1) is 17.9 Å². The van der Waals surface area contributed by atoms with Crippen molar-refractivity contribution < 1.29 is 28.6 Å². The fourth-order valence-electron chi connectivity index (χ4n) is 4.45. The van der Waals surface area contributed by atoms with Gasteiger partial charge in [-0.05, 0) is 50.1 Å². The fourth-order valence-corrected chi connectivity index (χ4v) is 4.45. The lowest BCUT2D eigenvalue weighted by molar-refractivity contribution is -0.137. The Morgan fingerprint density at radius 3 is 2.52 bits per heavy atom. The third kappa shape index (κ3) is 7.07. The van der Waals surface area contributed by atoms with Gasteiger partial charge < -0.3 is 20.9 Å². The van der Waals surface area contributed by atoms with Crippen LogP contribution in [-0.2, 0) is 9.59 Å². The number of carbonyl (C=O) groups excluding carboxylic acids is 2. The smallest absolute Gasteiger partial charge is 0.391 e. The van der Waals surface area contributed by atoms with Gasteiger partial charge in [-0.1, -0.05) is 26.0 Å². The Labute approximate surface area is 231 Å². The Hall–Kier alpha value is -4.16. The maximum atomic E-state index is 14.1. The number of rotatable bonds is 7. The van der Waals surface area contributed by atoms with E-state index in [0.717, 1.165) is 5.69 Å². The highest BCUT2D eigenvalue weighted by Crippen LogP contribution is 2.36. The molecule has 1 saturated heterocycles. The summed E-state index contributed by atoms with van der Waals surface area (Å²) < 4.78 is 53.7. The fraction of sp³-hybridized carbons (Fsp3) is 0.407. The summed E-state index contributed by atoms with van der Waals surface area (Å²) in [6, 6.07) is 8.78. The van der Waals surface area contributed by atoms with Gasteiger partial charge in [-0.3, -0.25) is 9.59 Å². The number of nitrogens with zero attached hydrogens (tertiary/aromatic N) is 4. The first-order valence-corrected chi connectivity index (χ1v) is 12.8. The van der Waals surface area contributed by atoms with E-state index in [9.17, 15) is 27.2 Å². The van der Waals surface area contributed by atoms with Crippen molar-refractivity contribution in [3.8, 4) is 0 Å². The number of carbonyl (C=O) groups is 2. The predicted molar refractivity (Wildman–Crippen MR) is 145 cm³/mol. The number of imidazole rings is 1. The van der Waals surface area contributed by atoms with Crippen LogP contribution in [0.15, 0.2) is 53.9 Å². The summed E-state index contributed by atoms with van der Waals surface area (Å²) in [5, 5.41) is 11.8. The molecule has 1 aliphatic heterocycles. The summed E-state index contributed by atoms with van der Waals surface area (Å²) >= 11 is 0. The molecule has 1 aromatic carbocycles. The number of anilines is 1. The quantitative estimate of drug-likeness (QED) is 0.173. The Morgan fingerprint density at radius 1 is 1.15 bits per heavy atom. The molecule has 0 saturated carbocycles. The highest BCUT2D eigenvalue weighted by atomic mass is 19.4. The first-order valence-electron chi connectivity index (χ1n) is 12.8. The molecule has 0 radical (unpaired) electrons. The predicted octanol–water partition coefficient (Wildman–Crippen LogP) is 4.06. The second kappa shape index (κ2) is 12.8. The summed E-state index contributed by atoms with van der Waals surface area (Å²) in [4.78, 5) is 31.8.